The molecule has 2 N–H and O–H groups in total. The van der Waals surface area contributed by atoms with E-state index in [0.29, 0.717) is 35.0 Å². The van der Waals surface area contributed by atoms with Gasteiger partial charge in [0.25, 0.3) is 10.0 Å². The highest BCUT2D eigenvalue weighted by molar-refractivity contribution is 7.90. The van der Waals surface area contributed by atoms with Crippen molar-refractivity contribution in [3.63, 3.8) is 0 Å². The fourth-order valence-corrected chi connectivity index (χ4v) is 7.12. The number of benzene rings is 3. The zero-order valence-corrected chi connectivity index (χ0v) is 24.5. The van der Waals surface area contributed by atoms with Crippen LogP contribution in [-0.2, 0) is 16.6 Å². The molecule has 0 saturated heterocycles. The van der Waals surface area contributed by atoms with Gasteiger partial charge in [-0.25, -0.2) is 17.4 Å². The van der Waals surface area contributed by atoms with Crippen molar-refractivity contribution < 1.29 is 8.42 Å². The van der Waals surface area contributed by atoms with Crippen LogP contribution in [0.5, 0.6) is 0 Å². The van der Waals surface area contributed by atoms with E-state index >= 15 is 0 Å². The second-order valence-corrected chi connectivity index (χ2v) is 13.0. The Balaban J connectivity index is 1.12. The van der Waals surface area contributed by atoms with Gasteiger partial charge in [0, 0.05) is 49.7 Å². The smallest absolute Gasteiger partial charge is 0.268 e. The summed E-state index contributed by atoms with van der Waals surface area (Å²) in [5.41, 5.74) is 3.65. The number of para-hydroxylation sites is 2. The molecule has 41 heavy (non-hydrogen) atoms. The van der Waals surface area contributed by atoms with Crippen molar-refractivity contribution in [3.05, 3.63) is 90.1 Å². The van der Waals surface area contributed by atoms with E-state index in [2.05, 4.69) is 16.7 Å². The molecule has 0 spiro atoms. The Hall–Kier alpha value is -3.95. The summed E-state index contributed by atoms with van der Waals surface area (Å²) in [6.07, 6.45) is 5.83. The van der Waals surface area contributed by atoms with Crippen LogP contribution >= 0.6 is 0 Å². The fourth-order valence-electron chi connectivity index (χ4n) is 5.73. The van der Waals surface area contributed by atoms with Crippen molar-refractivity contribution in [1.82, 2.24) is 19.3 Å². The quantitative estimate of drug-likeness (QED) is 0.248. The van der Waals surface area contributed by atoms with Crippen molar-refractivity contribution in [1.29, 1.82) is 0 Å². The molecule has 6 rings (SSSR count). The molecule has 0 unspecified atom stereocenters. The highest BCUT2D eigenvalue weighted by Gasteiger charge is 2.24. The minimum absolute atomic E-state index is 0.294. The number of hydrogen-bond acceptors (Lipinski definition) is 7. The average molecular weight is 569 g/mol. The number of fused-ring (bicyclic) bond motifs is 2. The summed E-state index contributed by atoms with van der Waals surface area (Å²) in [5, 5.41) is 9.28. The Morgan fingerprint density at radius 3 is 2.24 bits per heavy atom. The van der Waals surface area contributed by atoms with E-state index in [1.807, 2.05) is 80.5 Å². The van der Waals surface area contributed by atoms with Gasteiger partial charge in [-0.1, -0.05) is 48.0 Å². The molecular formula is C32H36N6O2S. The van der Waals surface area contributed by atoms with Crippen LogP contribution in [0.1, 0.15) is 36.8 Å². The van der Waals surface area contributed by atoms with E-state index in [1.165, 1.54) is 3.97 Å². The molecule has 2 heterocycles. The summed E-state index contributed by atoms with van der Waals surface area (Å²) in [4.78, 5) is 11.9. The first kappa shape index (κ1) is 27.2. The van der Waals surface area contributed by atoms with Crippen molar-refractivity contribution in [2.24, 2.45) is 0 Å². The molecule has 9 heteroatoms. The SMILES string of the molecule is Cc1ccc(S(=O)(=O)n2cc(CNC3CCC(Nc4nc(N(C)C)c5ccccc5n4)CC3)c3ccccc32)cc1. The lowest BCUT2D eigenvalue weighted by Gasteiger charge is -2.30. The normalized spacial score (nSPS) is 17.6. The number of aryl methyl sites for hydroxylation is 1. The molecule has 0 atom stereocenters. The first-order valence-electron chi connectivity index (χ1n) is 14.1. The molecule has 5 aromatic rings. The van der Waals surface area contributed by atoms with E-state index in [4.69, 9.17) is 9.97 Å². The molecule has 2 aromatic heterocycles. The largest absolute Gasteiger partial charge is 0.362 e. The third kappa shape index (κ3) is 5.52. The molecule has 0 amide bonds. The van der Waals surface area contributed by atoms with Crippen molar-refractivity contribution in [2.45, 2.75) is 56.1 Å². The van der Waals surface area contributed by atoms with Crippen molar-refractivity contribution >= 4 is 43.6 Å². The molecule has 3 aromatic carbocycles. The third-order valence-electron chi connectivity index (χ3n) is 7.99. The number of hydrogen-bond donors (Lipinski definition) is 2. The predicted molar refractivity (Wildman–Crippen MR) is 166 cm³/mol. The maximum absolute atomic E-state index is 13.5. The Morgan fingerprint density at radius 2 is 1.51 bits per heavy atom. The Bertz CT molecular complexity index is 1790. The lowest BCUT2D eigenvalue weighted by molar-refractivity contribution is 0.352. The van der Waals surface area contributed by atoms with Gasteiger partial charge in [0.15, 0.2) is 0 Å². The molecule has 0 aliphatic heterocycles. The van der Waals surface area contributed by atoms with Crippen LogP contribution in [0, 0.1) is 6.92 Å². The van der Waals surface area contributed by atoms with Gasteiger partial charge in [-0.2, -0.15) is 4.98 Å². The number of rotatable bonds is 8. The Morgan fingerprint density at radius 1 is 0.854 bits per heavy atom. The zero-order chi connectivity index (χ0) is 28.6. The molecular weight excluding hydrogens is 532 g/mol. The molecule has 0 radical (unpaired) electrons. The summed E-state index contributed by atoms with van der Waals surface area (Å²) < 4.78 is 28.5. The summed E-state index contributed by atoms with van der Waals surface area (Å²) in [7, 11) is 0.311. The zero-order valence-electron chi connectivity index (χ0n) is 23.7. The number of anilines is 2. The second kappa shape index (κ2) is 11.1. The molecule has 1 aliphatic carbocycles. The fraction of sp³-hybridized carbons (Fsp3) is 0.312. The first-order chi connectivity index (χ1) is 19.8. The molecule has 8 nitrogen and oxygen atoms in total. The van der Waals surface area contributed by atoms with Crippen LogP contribution in [-0.4, -0.2) is 48.5 Å². The van der Waals surface area contributed by atoms with Gasteiger partial charge < -0.3 is 15.5 Å². The molecule has 1 saturated carbocycles. The standard InChI is InChI=1S/C32H36N6O2S/c1-22-12-18-26(19-13-22)41(39,40)38-21-23(27-8-5-7-11-30(27)38)20-33-24-14-16-25(17-15-24)34-32-35-29-10-6-4-9-28(29)31(36-32)37(2)3/h4-13,18-19,21,24-25,33H,14-17,20H2,1-3H3,(H,34,35,36). The van der Waals surface area contributed by atoms with Crippen LogP contribution in [0.3, 0.4) is 0 Å². The summed E-state index contributed by atoms with van der Waals surface area (Å²) >= 11 is 0. The van der Waals surface area contributed by atoms with Crippen LogP contribution < -0.4 is 15.5 Å². The van der Waals surface area contributed by atoms with Gasteiger partial charge in [0.2, 0.25) is 5.95 Å². The Kier molecular flexibility index (Phi) is 7.40. The van der Waals surface area contributed by atoms with E-state index in [1.54, 1.807) is 18.3 Å². The topological polar surface area (TPSA) is 92.2 Å². The maximum Gasteiger partial charge on any atom is 0.268 e. The van der Waals surface area contributed by atoms with E-state index in [9.17, 15) is 8.42 Å². The second-order valence-electron chi connectivity index (χ2n) is 11.1. The number of nitrogens with zero attached hydrogens (tertiary/aromatic N) is 4. The van der Waals surface area contributed by atoms with Crippen molar-refractivity contribution in [3.8, 4) is 0 Å². The Labute approximate surface area is 241 Å². The lowest BCUT2D eigenvalue weighted by atomic mass is 9.91. The van der Waals surface area contributed by atoms with Gasteiger partial charge in [0.05, 0.1) is 15.9 Å². The maximum atomic E-state index is 13.5. The van der Waals surface area contributed by atoms with Crippen LogP contribution in [0.15, 0.2) is 83.9 Å². The minimum atomic E-state index is -3.70. The monoisotopic (exact) mass is 568 g/mol. The molecule has 1 fully saturated rings. The minimum Gasteiger partial charge on any atom is -0.362 e. The van der Waals surface area contributed by atoms with E-state index in [-0.39, 0.29) is 0 Å². The van der Waals surface area contributed by atoms with Gasteiger partial charge in [-0.3, -0.25) is 0 Å². The van der Waals surface area contributed by atoms with E-state index < -0.39 is 10.0 Å². The van der Waals surface area contributed by atoms with Gasteiger partial charge in [0.1, 0.15) is 5.82 Å². The van der Waals surface area contributed by atoms with Crippen LogP contribution in [0.25, 0.3) is 21.8 Å². The summed E-state index contributed by atoms with van der Waals surface area (Å²) in [5.74, 6) is 1.59. The third-order valence-corrected chi connectivity index (χ3v) is 9.67. The highest BCUT2D eigenvalue weighted by atomic mass is 32.2. The van der Waals surface area contributed by atoms with Crippen molar-refractivity contribution in [2.75, 3.05) is 24.3 Å². The van der Waals surface area contributed by atoms with Gasteiger partial charge in [-0.15, -0.1) is 0 Å². The van der Waals surface area contributed by atoms with Gasteiger partial charge >= 0.3 is 0 Å². The average Bonchev–Trinajstić information content (AvgIpc) is 3.36. The highest BCUT2D eigenvalue weighted by Crippen LogP contribution is 2.29. The molecule has 0 bridgehead atoms. The molecule has 212 valence electrons. The van der Waals surface area contributed by atoms with Crippen LogP contribution in [0.4, 0.5) is 11.8 Å². The number of nitrogens with one attached hydrogen (secondary N) is 2. The number of aromatic nitrogens is 3. The summed E-state index contributed by atoms with van der Waals surface area (Å²) in [6.45, 7) is 2.56. The molecule has 1 aliphatic rings. The predicted octanol–water partition coefficient (Wildman–Crippen LogP) is 5.71. The lowest BCUT2D eigenvalue weighted by Crippen LogP contribution is -2.37. The van der Waals surface area contributed by atoms with E-state index in [0.717, 1.165) is 58.9 Å². The van der Waals surface area contributed by atoms with Gasteiger partial charge in [-0.05, 0) is 68.5 Å². The van der Waals surface area contributed by atoms with Crippen LogP contribution in [0.2, 0.25) is 0 Å². The summed E-state index contributed by atoms with van der Waals surface area (Å²) in [6, 6.07) is 23.5. The first-order valence-corrected chi connectivity index (χ1v) is 15.6.